The monoisotopic (exact) mass is 645 g/mol. The summed E-state index contributed by atoms with van der Waals surface area (Å²) in [4.78, 5) is 55.4. The third-order valence-corrected chi connectivity index (χ3v) is 8.36. The van der Waals surface area contributed by atoms with Crippen molar-refractivity contribution in [2.45, 2.75) is 58.2 Å². The third-order valence-electron chi connectivity index (χ3n) is 8.36. The molecule has 2 aromatic carbocycles. The second kappa shape index (κ2) is 15.1. The molecule has 1 saturated carbocycles. The van der Waals surface area contributed by atoms with Crippen LogP contribution in [-0.4, -0.2) is 73.0 Å². The van der Waals surface area contributed by atoms with E-state index < -0.39 is 17.9 Å². The van der Waals surface area contributed by atoms with Gasteiger partial charge in [-0.1, -0.05) is 19.9 Å². The predicted molar refractivity (Wildman–Crippen MR) is 175 cm³/mol. The Kier molecular flexibility index (Phi) is 10.7. The van der Waals surface area contributed by atoms with Crippen LogP contribution in [-0.2, 0) is 16.1 Å². The van der Waals surface area contributed by atoms with Crippen molar-refractivity contribution in [3.8, 4) is 23.0 Å². The summed E-state index contributed by atoms with van der Waals surface area (Å²) in [5.74, 6) is -0.00465. The molecule has 47 heavy (non-hydrogen) atoms. The van der Waals surface area contributed by atoms with Gasteiger partial charge in [-0.3, -0.25) is 19.2 Å². The summed E-state index contributed by atoms with van der Waals surface area (Å²) in [6.07, 6.45) is 5.05. The largest absolute Gasteiger partial charge is 0.496 e. The lowest BCUT2D eigenvalue weighted by atomic mass is 10.0. The van der Waals surface area contributed by atoms with Gasteiger partial charge in [0, 0.05) is 30.9 Å². The second-order valence-corrected chi connectivity index (χ2v) is 12.1. The number of rotatable bonds is 5. The van der Waals surface area contributed by atoms with Crippen molar-refractivity contribution in [2.24, 2.45) is 5.92 Å². The normalized spacial score (nSPS) is 18.3. The van der Waals surface area contributed by atoms with Crippen LogP contribution in [0.1, 0.15) is 72.0 Å². The molecule has 0 radical (unpaired) electrons. The zero-order chi connectivity index (χ0) is 33.5. The first-order chi connectivity index (χ1) is 22.7. The summed E-state index contributed by atoms with van der Waals surface area (Å²) in [7, 11) is 3.03. The summed E-state index contributed by atoms with van der Waals surface area (Å²) in [6, 6.07) is 13.2. The number of hydrogen-bond acceptors (Lipinski definition) is 7. The molecule has 0 unspecified atom stereocenters. The Bertz CT molecular complexity index is 1610. The minimum absolute atomic E-state index is 0.0303. The molecule has 12 nitrogen and oxygen atoms in total. The topological polar surface area (TPSA) is 140 Å². The van der Waals surface area contributed by atoms with Crippen molar-refractivity contribution in [3.05, 3.63) is 71.5 Å². The number of nitrogens with zero attached hydrogens (tertiary/aromatic N) is 2. The molecule has 1 fully saturated rings. The highest BCUT2D eigenvalue weighted by molar-refractivity contribution is 5.96. The third kappa shape index (κ3) is 8.05. The minimum atomic E-state index is -0.855. The Morgan fingerprint density at radius 1 is 0.936 bits per heavy atom. The highest BCUT2D eigenvalue weighted by atomic mass is 16.5. The molecule has 1 aliphatic carbocycles. The molecule has 1 aliphatic heterocycles. The Hall–Kier alpha value is -5.00. The Morgan fingerprint density at radius 3 is 2.45 bits per heavy atom. The molecular weight excluding hydrogens is 602 g/mol. The van der Waals surface area contributed by atoms with Crippen LogP contribution in [0.4, 0.5) is 0 Å². The van der Waals surface area contributed by atoms with Crippen LogP contribution >= 0.6 is 0 Å². The first kappa shape index (κ1) is 33.4. The van der Waals surface area contributed by atoms with Crippen LogP contribution in [0.2, 0.25) is 0 Å². The number of nitrogens with one attached hydrogen (secondary N) is 3. The van der Waals surface area contributed by atoms with Gasteiger partial charge < -0.3 is 39.6 Å². The summed E-state index contributed by atoms with van der Waals surface area (Å²) in [6.45, 7) is 4.18. The van der Waals surface area contributed by atoms with Crippen LogP contribution in [0.5, 0.6) is 23.0 Å². The lowest BCUT2D eigenvalue weighted by Gasteiger charge is -2.26. The summed E-state index contributed by atoms with van der Waals surface area (Å²) in [5, 5.41) is 8.71. The van der Waals surface area contributed by atoms with Gasteiger partial charge in [-0.15, -0.1) is 0 Å². The zero-order valence-corrected chi connectivity index (χ0v) is 27.3. The van der Waals surface area contributed by atoms with Gasteiger partial charge in [-0.05, 0) is 74.1 Å². The maximum absolute atomic E-state index is 13.8. The maximum Gasteiger partial charge on any atom is 0.270 e. The number of methoxy groups -OCH3 is 2. The summed E-state index contributed by atoms with van der Waals surface area (Å²) >= 11 is 0. The van der Waals surface area contributed by atoms with Gasteiger partial charge >= 0.3 is 0 Å². The number of amides is 4. The molecule has 2 aliphatic rings. The Balaban J connectivity index is 1.45. The van der Waals surface area contributed by atoms with Crippen LogP contribution in [0.25, 0.3) is 0 Å². The fraction of sp³-hybridized carbons (Fsp3) is 0.429. The van der Waals surface area contributed by atoms with Gasteiger partial charge in [-0.2, -0.15) is 0 Å². The van der Waals surface area contributed by atoms with E-state index in [0.29, 0.717) is 71.8 Å². The highest BCUT2D eigenvalue weighted by Gasteiger charge is 2.31. The smallest absolute Gasteiger partial charge is 0.270 e. The lowest BCUT2D eigenvalue weighted by molar-refractivity contribution is -0.130. The number of hydrogen-bond donors (Lipinski definition) is 3. The SMILES string of the molecule is COc1ccc2cc1Oc1cccc(OC)c1CNC(=O)[C@@H](C(C)C)NC(=O)CN(C(=O)c1cccn1C1CC1)CCCCNC2=O. The van der Waals surface area contributed by atoms with Crippen LogP contribution in [0.3, 0.4) is 0 Å². The molecular formula is C35H43N5O7. The van der Waals surface area contributed by atoms with Crippen molar-refractivity contribution in [1.82, 2.24) is 25.4 Å². The first-order valence-corrected chi connectivity index (χ1v) is 16.0. The molecule has 12 heteroatoms. The van der Waals surface area contributed by atoms with E-state index in [1.807, 2.05) is 30.7 Å². The molecule has 0 spiro atoms. The highest BCUT2D eigenvalue weighted by Crippen LogP contribution is 2.38. The van der Waals surface area contributed by atoms with E-state index in [1.54, 1.807) is 42.5 Å². The number of carbonyl (C=O) groups excluding carboxylic acids is 4. The number of aromatic nitrogens is 1. The number of fused-ring (bicyclic) bond motifs is 3. The molecule has 250 valence electrons. The van der Waals surface area contributed by atoms with Crippen LogP contribution in [0.15, 0.2) is 54.7 Å². The van der Waals surface area contributed by atoms with Crippen molar-refractivity contribution in [3.63, 3.8) is 0 Å². The van der Waals surface area contributed by atoms with Gasteiger partial charge in [0.05, 0.1) is 32.9 Å². The predicted octanol–water partition coefficient (Wildman–Crippen LogP) is 4.06. The van der Waals surface area contributed by atoms with E-state index in [9.17, 15) is 19.2 Å². The molecule has 4 amide bonds. The van der Waals surface area contributed by atoms with Gasteiger partial charge in [0.1, 0.15) is 23.2 Å². The molecule has 1 aromatic heterocycles. The van der Waals surface area contributed by atoms with Crippen LogP contribution < -0.4 is 30.2 Å². The van der Waals surface area contributed by atoms with Crippen molar-refractivity contribution >= 4 is 23.6 Å². The molecule has 3 aromatic rings. The average molecular weight is 646 g/mol. The zero-order valence-electron chi connectivity index (χ0n) is 27.3. The van der Waals surface area contributed by atoms with Crippen molar-refractivity contribution in [1.29, 1.82) is 0 Å². The number of ether oxygens (including phenoxy) is 3. The number of benzene rings is 2. The quantitative estimate of drug-likeness (QED) is 0.380. The summed E-state index contributed by atoms with van der Waals surface area (Å²) < 4.78 is 19.3. The Morgan fingerprint density at radius 2 is 1.72 bits per heavy atom. The Labute approximate surface area is 274 Å². The van der Waals surface area contributed by atoms with Gasteiger partial charge in [0.15, 0.2) is 11.5 Å². The van der Waals surface area contributed by atoms with E-state index in [4.69, 9.17) is 14.2 Å². The first-order valence-electron chi connectivity index (χ1n) is 16.0. The maximum atomic E-state index is 13.8. The second-order valence-electron chi connectivity index (χ2n) is 12.1. The fourth-order valence-electron chi connectivity index (χ4n) is 5.63. The van der Waals surface area contributed by atoms with Crippen molar-refractivity contribution < 1.29 is 33.4 Å². The molecule has 5 rings (SSSR count). The van der Waals surface area contributed by atoms with E-state index in [0.717, 1.165) is 12.8 Å². The van der Waals surface area contributed by atoms with E-state index >= 15 is 0 Å². The molecule has 2 heterocycles. The summed E-state index contributed by atoms with van der Waals surface area (Å²) in [5.41, 5.74) is 1.47. The van der Waals surface area contributed by atoms with Crippen LogP contribution in [0, 0.1) is 5.92 Å². The fourth-order valence-corrected chi connectivity index (χ4v) is 5.63. The minimum Gasteiger partial charge on any atom is -0.496 e. The number of carbonyl (C=O) groups is 4. The van der Waals surface area contributed by atoms with E-state index in [2.05, 4.69) is 16.0 Å². The van der Waals surface area contributed by atoms with Crippen molar-refractivity contribution in [2.75, 3.05) is 33.9 Å². The lowest BCUT2D eigenvalue weighted by Crippen LogP contribution is -2.52. The van der Waals surface area contributed by atoms with Gasteiger partial charge in [-0.25, -0.2) is 0 Å². The van der Waals surface area contributed by atoms with Gasteiger partial charge in [0.25, 0.3) is 11.8 Å². The molecule has 2 bridgehead atoms. The van der Waals surface area contributed by atoms with E-state index in [-0.39, 0.29) is 30.8 Å². The molecule has 1 atom stereocenters. The molecule has 3 N–H and O–H groups in total. The van der Waals surface area contributed by atoms with Gasteiger partial charge in [0.2, 0.25) is 11.8 Å². The molecule has 0 saturated heterocycles. The van der Waals surface area contributed by atoms with E-state index in [1.165, 1.54) is 19.1 Å². The average Bonchev–Trinajstić information content (AvgIpc) is 3.80. The standard InChI is InChI=1S/C35H43N5O7/c1-22(2)32-34(43)37-20-25-27(45-3)10-7-11-28(25)47-30-19-23(12-15-29(30)46-4)33(42)36-16-5-6-17-39(21-31(41)38-32)35(44)26-9-8-18-40(26)24-13-14-24/h7-12,15,18-19,22,24,32H,5-6,13-14,16-17,20-21H2,1-4H3,(H,36,42)(H,37,43)(H,38,41)/t32-/m1/s1.